The summed E-state index contributed by atoms with van der Waals surface area (Å²) in [4.78, 5) is 38.6. The molecule has 0 bridgehead atoms. The number of aliphatic hydroxyl groups excluding tert-OH is 11. The molecular weight excluding hydrogens is 1280 g/mol. The van der Waals surface area contributed by atoms with Crippen LogP contribution in [0.25, 0.3) is 0 Å². The molecule has 3 saturated heterocycles. The largest absolute Gasteiger partial charge is 0.477 e. The summed E-state index contributed by atoms with van der Waals surface area (Å²) in [5.74, 6) is -6.14. The molecule has 3 aliphatic heterocycles. The molecule has 3 rings (SSSR count). The maximum atomic E-state index is 13.5. The van der Waals surface area contributed by atoms with Crippen molar-refractivity contribution in [1.29, 1.82) is 0 Å². The fraction of sp³-hybridized carbons (Fsp3) is 0.908. The van der Waals surface area contributed by atoms with Crippen LogP contribution in [0.5, 0.6) is 0 Å². The molecule has 0 spiro atoms. The first-order chi connectivity index (χ1) is 47.9. The SMILES string of the molecule is CCCCCCCCCCCC/C=C/C(O)C(COC1OC(CO)C(OC2OC(CO)C(O)C(OC3(C(=O)O)CC(O)C(NC(C)=O)C(C(O)C(O)CO)O3)C2O)C(O)C1O)NC(=O)CCCCCCCCCCCCCCCCCCC/C=C\CCCCCCCCCCCCCC. The summed E-state index contributed by atoms with van der Waals surface area (Å²) < 4.78 is 34.8. The highest BCUT2D eigenvalue weighted by atomic mass is 16.8. The Morgan fingerprint density at radius 2 is 0.949 bits per heavy atom. The first-order valence-corrected chi connectivity index (χ1v) is 39.2. The molecule has 99 heavy (non-hydrogen) atoms. The van der Waals surface area contributed by atoms with Crippen LogP contribution in [0.3, 0.4) is 0 Å². The van der Waals surface area contributed by atoms with E-state index in [9.17, 15) is 75.7 Å². The number of rotatable bonds is 61. The lowest BCUT2D eigenvalue weighted by atomic mass is 9.88. The number of aliphatic hydroxyl groups is 11. The van der Waals surface area contributed by atoms with E-state index in [1.165, 1.54) is 212 Å². The van der Waals surface area contributed by atoms with Crippen molar-refractivity contribution in [3.8, 4) is 0 Å². The van der Waals surface area contributed by atoms with Crippen LogP contribution in [0.15, 0.2) is 24.3 Å². The first-order valence-electron chi connectivity index (χ1n) is 39.2. The summed E-state index contributed by atoms with van der Waals surface area (Å²) >= 11 is 0. The lowest BCUT2D eigenvalue weighted by Gasteiger charge is -2.50. The Labute approximate surface area is 594 Å². The van der Waals surface area contributed by atoms with Crippen LogP contribution in [0.1, 0.15) is 303 Å². The van der Waals surface area contributed by atoms with Crippen LogP contribution < -0.4 is 10.6 Å². The molecular formula is C76H140N2O21. The van der Waals surface area contributed by atoms with Gasteiger partial charge < -0.3 is 100 Å². The number of nitrogens with one attached hydrogen (secondary N) is 2. The molecule has 14 N–H and O–H groups in total. The predicted octanol–water partition coefficient (Wildman–Crippen LogP) is 9.57. The van der Waals surface area contributed by atoms with Crippen LogP contribution in [-0.2, 0) is 42.8 Å². The van der Waals surface area contributed by atoms with Crippen LogP contribution in [0.4, 0.5) is 0 Å². The van der Waals surface area contributed by atoms with E-state index in [4.69, 9.17) is 28.4 Å². The van der Waals surface area contributed by atoms with Gasteiger partial charge in [-0.15, -0.1) is 0 Å². The summed E-state index contributed by atoms with van der Waals surface area (Å²) in [7, 11) is 0. The molecule has 23 nitrogen and oxygen atoms in total. The van der Waals surface area contributed by atoms with Gasteiger partial charge in [0.1, 0.15) is 67.1 Å². The van der Waals surface area contributed by atoms with Crippen LogP contribution in [0, 0.1) is 0 Å². The second kappa shape index (κ2) is 55.7. The average Bonchev–Trinajstić information content (AvgIpc) is 0.757. The smallest absolute Gasteiger partial charge is 0.364 e. The molecule has 2 amide bonds. The number of carboxylic acids is 1. The molecule has 23 heteroatoms. The second-order valence-electron chi connectivity index (χ2n) is 28.6. The Kier molecular flexibility index (Phi) is 50.8. The van der Waals surface area contributed by atoms with Gasteiger partial charge in [-0.2, -0.15) is 0 Å². The molecule has 18 atom stereocenters. The quantitative estimate of drug-likeness (QED) is 0.0199. The van der Waals surface area contributed by atoms with Gasteiger partial charge in [-0.3, -0.25) is 9.59 Å². The van der Waals surface area contributed by atoms with E-state index in [0.717, 1.165) is 51.9 Å². The Morgan fingerprint density at radius 3 is 1.37 bits per heavy atom. The maximum absolute atomic E-state index is 13.5. The minimum atomic E-state index is -3.08. The van der Waals surface area contributed by atoms with Crippen molar-refractivity contribution >= 4 is 17.8 Å². The van der Waals surface area contributed by atoms with Gasteiger partial charge in [-0.25, -0.2) is 4.79 Å². The standard InChI is InChI=1S/C76H140N2O21/c1-4-6-8-10-12-14-16-18-19-20-21-22-23-24-25-26-27-28-29-30-31-32-33-34-35-36-37-38-40-42-44-46-48-50-63(86)78-57(58(83)49-47-45-43-41-39-17-15-13-11-9-7-5-2)55-94-73-68(90)67(89)70(62(54-81)96-73)97-74-69(91)72(66(88)61(53-80)95-74)99-76(75(92)93)51-59(84)64(77-56(3)82)71(98-76)65(87)60(85)52-79/h24-25,47,49,57-62,64-74,79-81,83-85,87-91H,4-23,26-46,48,50-55H2,1-3H3,(H,77,82)(H,78,86)(H,92,93)/b25-24-,49-47+. The number of amides is 2. The number of hydrogen-bond donors (Lipinski definition) is 14. The topological polar surface area (TPSA) is 373 Å². The van der Waals surface area contributed by atoms with E-state index in [1.54, 1.807) is 6.08 Å². The third kappa shape index (κ3) is 36.7. The van der Waals surface area contributed by atoms with Gasteiger partial charge in [0.25, 0.3) is 5.79 Å². The number of allylic oxidation sites excluding steroid dienone is 3. The van der Waals surface area contributed by atoms with E-state index < -0.39 is 155 Å². The number of carbonyl (C=O) groups excluding carboxylic acids is 2. The molecule has 18 unspecified atom stereocenters. The van der Waals surface area contributed by atoms with Gasteiger partial charge in [0.15, 0.2) is 12.6 Å². The third-order valence-electron chi connectivity index (χ3n) is 19.9. The van der Waals surface area contributed by atoms with E-state index in [2.05, 4.69) is 36.6 Å². The monoisotopic (exact) mass is 1420 g/mol. The molecule has 580 valence electrons. The molecule has 0 aromatic rings. The van der Waals surface area contributed by atoms with Crippen LogP contribution in [-0.4, -0.2) is 215 Å². The highest BCUT2D eigenvalue weighted by molar-refractivity contribution is 5.77. The predicted molar refractivity (Wildman–Crippen MR) is 380 cm³/mol. The highest BCUT2D eigenvalue weighted by Gasteiger charge is 2.60. The molecule has 0 aliphatic carbocycles. The van der Waals surface area contributed by atoms with Gasteiger partial charge in [0, 0.05) is 19.8 Å². The van der Waals surface area contributed by atoms with Crippen LogP contribution in [0.2, 0.25) is 0 Å². The summed E-state index contributed by atoms with van der Waals surface area (Å²) in [6.45, 7) is 2.15. The molecule has 3 heterocycles. The number of hydrogen-bond acceptors (Lipinski definition) is 20. The molecule has 3 fully saturated rings. The normalized spacial score (nSPS) is 27.2. The maximum Gasteiger partial charge on any atom is 0.364 e. The van der Waals surface area contributed by atoms with Gasteiger partial charge in [0.05, 0.1) is 50.7 Å². The molecule has 0 aromatic heterocycles. The minimum Gasteiger partial charge on any atom is -0.477 e. The Morgan fingerprint density at radius 1 is 0.525 bits per heavy atom. The van der Waals surface area contributed by atoms with Gasteiger partial charge in [0.2, 0.25) is 11.8 Å². The fourth-order valence-electron chi connectivity index (χ4n) is 13.6. The zero-order chi connectivity index (χ0) is 72.5. The molecule has 0 radical (unpaired) electrons. The van der Waals surface area contributed by atoms with Crippen molar-refractivity contribution in [2.45, 2.75) is 413 Å². The van der Waals surface area contributed by atoms with Crippen LogP contribution >= 0.6 is 0 Å². The average molecular weight is 1420 g/mol. The Balaban J connectivity index is 1.45. The zero-order valence-electron chi connectivity index (χ0n) is 61.1. The fourth-order valence-corrected chi connectivity index (χ4v) is 13.6. The summed E-state index contributed by atoms with van der Waals surface area (Å²) in [5, 5.41) is 136. The minimum absolute atomic E-state index is 0.203. The van der Waals surface area contributed by atoms with Crippen molar-refractivity contribution < 1.29 is 104 Å². The number of aliphatic carboxylic acids is 1. The summed E-state index contributed by atoms with van der Waals surface area (Å²) in [6, 6.07) is -2.62. The van der Waals surface area contributed by atoms with E-state index in [0.29, 0.717) is 12.8 Å². The van der Waals surface area contributed by atoms with E-state index in [1.807, 2.05) is 6.08 Å². The van der Waals surface area contributed by atoms with E-state index >= 15 is 0 Å². The van der Waals surface area contributed by atoms with Gasteiger partial charge in [-0.1, -0.05) is 263 Å². The van der Waals surface area contributed by atoms with Crippen molar-refractivity contribution in [2.75, 3.05) is 26.4 Å². The van der Waals surface area contributed by atoms with E-state index in [-0.39, 0.29) is 12.3 Å². The lowest BCUT2D eigenvalue weighted by molar-refractivity contribution is -0.386. The molecule has 0 saturated carbocycles. The first kappa shape index (κ1) is 90.4. The Hall–Kier alpha value is -2.79. The summed E-state index contributed by atoms with van der Waals surface area (Å²) in [6.07, 6.45) is 31.1. The second-order valence-corrected chi connectivity index (χ2v) is 28.6. The van der Waals surface area contributed by atoms with Crippen molar-refractivity contribution in [1.82, 2.24) is 10.6 Å². The zero-order valence-corrected chi connectivity index (χ0v) is 61.1. The van der Waals surface area contributed by atoms with Crippen molar-refractivity contribution in [3.63, 3.8) is 0 Å². The number of carboxylic acid groups (broad SMARTS) is 1. The molecule has 0 aromatic carbocycles. The lowest BCUT2D eigenvalue weighted by Crippen LogP contribution is -2.70. The Bertz CT molecular complexity index is 2080. The van der Waals surface area contributed by atoms with Gasteiger partial charge >= 0.3 is 5.97 Å². The number of unbranched alkanes of at least 4 members (excludes halogenated alkanes) is 39. The molecule has 3 aliphatic rings. The third-order valence-corrected chi connectivity index (χ3v) is 19.9. The highest BCUT2D eigenvalue weighted by Crippen LogP contribution is 2.39. The van der Waals surface area contributed by atoms with Crippen molar-refractivity contribution in [3.05, 3.63) is 24.3 Å². The van der Waals surface area contributed by atoms with Crippen molar-refractivity contribution in [2.24, 2.45) is 0 Å². The summed E-state index contributed by atoms with van der Waals surface area (Å²) in [5.41, 5.74) is 0. The van der Waals surface area contributed by atoms with Gasteiger partial charge in [-0.05, 0) is 44.9 Å². The number of ether oxygens (including phenoxy) is 6. The number of carbonyl (C=O) groups is 3.